The minimum Gasteiger partial charge on any atom is -0.428 e. The Balaban J connectivity index is 2.80. The van der Waals surface area contributed by atoms with Crippen molar-refractivity contribution in [1.82, 2.24) is 9.71 Å². The average Bonchev–Trinajstić information content (AvgIpc) is 2.44. The van der Waals surface area contributed by atoms with E-state index >= 15 is 0 Å². The summed E-state index contributed by atoms with van der Waals surface area (Å²) in [5.74, 6) is 0. The third kappa shape index (κ3) is 1.19. The molecule has 0 atom stereocenters. The molecular formula is C8H5F3N2O. The van der Waals surface area contributed by atoms with E-state index in [1.807, 2.05) is 0 Å². The van der Waals surface area contributed by atoms with Crippen LogP contribution in [0.2, 0.25) is 0 Å². The van der Waals surface area contributed by atoms with E-state index in [9.17, 15) is 13.2 Å². The zero-order valence-corrected chi connectivity index (χ0v) is 6.78. The Morgan fingerprint density at radius 3 is 2.71 bits per heavy atom. The first-order valence-electron chi connectivity index (χ1n) is 3.71. The zero-order valence-electron chi connectivity index (χ0n) is 6.78. The number of pyridine rings is 1. The molecule has 0 bridgehead atoms. The van der Waals surface area contributed by atoms with Crippen LogP contribution in [0.5, 0.6) is 0 Å². The second-order valence-corrected chi connectivity index (χ2v) is 2.78. The maximum Gasteiger partial charge on any atom is 0.418 e. The minimum atomic E-state index is -4.48. The maximum absolute atomic E-state index is 12.4. The van der Waals surface area contributed by atoms with Gasteiger partial charge in [-0.3, -0.25) is 4.98 Å². The van der Waals surface area contributed by atoms with Crippen LogP contribution in [0, 0.1) is 0 Å². The SMILES string of the molecule is On1cc(C(F)(F)F)c2cnccc21. The first-order valence-corrected chi connectivity index (χ1v) is 3.71. The molecule has 0 aliphatic heterocycles. The highest BCUT2D eigenvalue weighted by Crippen LogP contribution is 2.35. The summed E-state index contributed by atoms with van der Waals surface area (Å²) >= 11 is 0. The van der Waals surface area contributed by atoms with Crippen LogP contribution in [0.3, 0.4) is 0 Å². The second-order valence-electron chi connectivity index (χ2n) is 2.78. The number of alkyl halides is 3. The fourth-order valence-electron chi connectivity index (χ4n) is 1.28. The predicted octanol–water partition coefficient (Wildman–Crippen LogP) is 2.29. The molecule has 0 aliphatic rings. The highest BCUT2D eigenvalue weighted by molar-refractivity contribution is 5.83. The Kier molecular flexibility index (Phi) is 1.67. The number of halogens is 3. The van der Waals surface area contributed by atoms with E-state index in [2.05, 4.69) is 4.98 Å². The summed E-state index contributed by atoms with van der Waals surface area (Å²) in [6, 6.07) is 1.31. The molecule has 2 aromatic rings. The maximum atomic E-state index is 12.4. The first kappa shape index (κ1) is 8.86. The van der Waals surface area contributed by atoms with Gasteiger partial charge in [-0.2, -0.15) is 17.9 Å². The summed E-state index contributed by atoms with van der Waals surface area (Å²) < 4.78 is 37.6. The van der Waals surface area contributed by atoms with Crippen molar-refractivity contribution >= 4 is 10.9 Å². The molecular weight excluding hydrogens is 197 g/mol. The van der Waals surface area contributed by atoms with Gasteiger partial charge in [-0.15, -0.1) is 0 Å². The molecule has 0 unspecified atom stereocenters. The largest absolute Gasteiger partial charge is 0.428 e. The molecule has 0 radical (unpaired) electrons. The van der Waals surface area contributed by atoms with E-state index in [1.54, 1.807) is 0 Å². The van der Waals surface area contributed by atoms with Crippen LogP contribution in [0.25, 0.3) is 10.9 Å². The van der Waals surface area contributed by atoms with Crippen molar-refractivity contribution in [2.24, 2.45) is 0 Å². The van der Waals surface area contributed by atoms with Crippen LogP contribution < -0.4 is 0 Å². The van der Waals surface area contributed by atoms with Gasteiger partial charge in [0.1, 0.15) is 0 Å². The highest BCUT2D eigenvalue weighted by Gasteiger charge is 2.34. The van der Waals surface area contributed by atoms with Gasteiger partial charge < -0.3 is 5.21 Å². The first-order chi connectivity index (χ1) is 6.50. The van der Waals surface area contributed by atoms with Gasteiger partial charge in [0.15, 0.2) is 0 Å². The van der Waals surface area contributed by atoms with Gasteiger partial charge in [0.05, 0.1) is 17.3 Å². The Bertz CT molecular complexity index is 475. The van der Waals surface area contributed by atoms with Gasteiger partial charge in [0.2, 0.25) is 0 Å². The lowest BCUT2D eigenvalue weighted by Gasteiger charge is -2.02. The molecule has 1 N–H and O–H groups in total. The van der Waals surface area contributed by atoms with Crippen molar-refractivity contribution in [3.63, 3.8) is 0 Å². The Morgan fingerprint density at radius 1 is 1.36 bits per heavy atom. The molecule has 2 heterocycles. The fourth-order valence-corrected chi connectivity index (χ4v) is 1.28. The van der Waals surface area contributed by atoms with E-state index in [-0.39, 0.29) is 10.9 Å². The third-order valence-electron chi connectivity index (χ3n) is 1.89. The molecule has 2 rings (SSSR count). The average molecular weight is 202 g/mol. The molecule has 0 aliphatic carbocycles. The van der Waals surface area contributed by atoms with Crippen molar-refractivity contribution in [1.29, 1.82) is 0 Å². The third-order valence-corrected chi connectivity index (χ3v) is 1.89. The Labute approximate surface area is 76.4 Å². The monoisotopic (exact) mass is 202 g/mol. The van der Waals surface area contributed by atoms with E-state index in [0.29, 0.717) is 10.9 Å². The summed E-state index contributed by atoms with van der Waals surface area (Å²) in [6.45, 7) is 0. The number of aromatic nitrogens is 2. The number of hydrogen-bond donors (Lipinski definition) is 1. The summed E-state index contributed by atoms with van der Waals surface area (Å²) in [5.41, 5.74) is -0.796. The van der Waals surface area contributed by atoms with Crippen LogP contribution in [0.1, 0.15) is 5.56 Å². The fraction of sp³-hybridized carbons (Fsp3) is 0.125. The molecule has 74 valence electrons. The Hall–Kier alpha value is -1.72. The van der Waals surface area contributed by atoms with Gasteiger partial charge in [0, 0.05) is 17.8 Å². The van der Waals surface area contributed by atoms with Crippen molar-refractivity contribution in [3.05, 3.63) is 30.2 Å². The normalized spacial score (nSPS) is 12.2. The van der Waals surface area contributed by atoms with E-state index in [4.69, 9.17) is 5.21 Å². The number of rotatable bonds is 0. The van der Waals surface area contributed by atoms with Crippen LogP contribution in [0.15, 0.2) is 24.7 Å². The summed E-state index contributed by atoms with van der Waals surface area (Å²) in [7, 11) is 0. The highest BCUT2D eigenvalue weighted by atomic mass is 19.4. The van der Waals surface area contributed by atoms with Crippen LogP contribution in [0.4, 0.5) is 13.2 Å². The van der Waals surface area contributed by atoms with Crippen LogP contribution in [-0.4, -0.2) is 14.9 Å². The number of hydrogen-bond acceptors (Lipinski definition) is 2. The smallest absolute Gasteiger partial charge is 0.418 e. The molecule has 0 fully saturated rings. The van der Waals surface area contributed by atoms with Gasteiger partial charge in [-0.05, 0) is 6.07 Å². The van der Waals surface area contributed by atoms with Crippen molar-refractivity contribution in [2.45, 2.75) is 6.18 Å². The van der Waals surface area contributed by atoms with E-state index < -0.39 is 11.7 Å². The standard InChI is InChI=1S/C8H5F3N2O/c9-8(10,11)6-4-13(14)7-1-2-12-3-5(6)7/h1-4,14H. The topological polar surface area (TPSA) is 38.0 Å². The number of nitrogens with zero attached hydrogens (tertiary/aromatic N) is 2. The number of fused-ring (bicyclic) bond motifs is 1. The summed E-state index contributed by atoms with van der Waals surface area (Å²) in [4.78, 5) is 3.58. The lowest BCUT2D eigenvalue weighted by molar-refractivity contribution is -0.136. The molecule has 6 heteroatoms. The quantitative estimate of drug-likeness (QED) is 0.665. The summed E-state index contributed by atoms with van der Waals surface area (Å²) in [6.07, 6.45) is -1.46. The Morgan fingerprint density at radius 2 is 2.07 bits per heavy atom. The zero-order chi connectivity index (χ0) is 10.3. The lowest BCUT2D eigenvalue weighted by Crippen LogP contribution is -2.03. The van der Waals surface area contributed by atoms with Gasteiger partial charge in [0.25, 0.3) is 0 Å². The van der Waals surface area contributed by atoms with Crippen molar-refractivity contribution < 1.29 is 18.4 Å². The van der Waals surface area contributed by atoms with Crippen LogP contribution >= 0.6 is 0 Å². The molecule has 0 amide bonds. The molecule has 0 spiro atoms. The summed E-state index contributed by atoms with van der Waals surface area (Å²) in [5, 5.41) is 9.04. The van der Waals surface area contributed by atoms with Crippen molar-refractivity contribution in [2.75, 3.05) is 0 Å². The molecule has 2 aromatic heterocycles. The molecule has 0 saturated heterocycles. The van der Waals surface area contributed by atoms with Gasteiger partial charge in [-0.25, -0.2) is 0 Å². The molecule has 3 nitrogen and oxygen atoms in total. The van der Waals surface area contributed by atoms with Crippen LogP contribution in [-0.2, 0) is 6.18 Å². The van der Waals surface area contributed by atoms with Gasteiger partial charge in [-0.1, -0.05) is 0 Å². The van der Waals surface area contributed by atoms with E-state index in [0.717, 1.165) is 6.20 Å². The van der Waals surface area contributed by atoms with Crippen molar-refractivity contribution in [3.8, 4) is 0 Å². The van der Waals surface area contributed by atoms with Gasteiger partial charge >= 0.3 is 6.18 Å². The predicted molar refractivity (Wildman–Crippen MR) is 41.9 cm³/mol. The lowest BCUT2D eigenvalue weighted by atomic mass is 10.2. The molecule has 0 saturated carbocycles. The minimum absolute atomic E-state index is 0.0901. The molecule has 0 aromatic carbocycles. The van der Waals surface area contributed by atoms with E-state index in [1.165, 1.54) is 12.3 Å². The molecule has 14 heavy (non-hydrogen) atoms. The second kappa shape index (κ2) is 2.63.